The lowest BCUT2D eigenvalue weighted by atomic mass is 10.1. The minimum atomic E-state index is -0.734. The number of aliphatic hydroxyl groups is 1. The van der Waals surface area contributed by atoms with Gasteiger partial charge in [-0.05, 0) is 18.1 Å². The van der Waals surface area contributed by atoms with Crippen molar-refractivity contribution in [3.8, 4) is 0 Å². The lowest BCUT2D eigenvalue weighted by molar-refractivity contribution is 0.104. The van der Waals surface area contributed by atoms with Gasteiger partial charge in [-0.15, -0.1) is 0 Å². The van der Waals surface area contributed by atoms with Gasteiger partial charge >= 0.3 is 5.69 Å². The normalized spacial score (nSPS) is 12.4. The molecule has 120 valence electrons. The maximum atomic E-state index is 12.2. The number of hydrogen-bond acceptors (Lipinski definition) is 4. The number of carbonyl (C=O) groups excluding carboxylic acids is 1. The Kier molecular flexibility index (Phi) is 5.43. The van der Waals surface area contributed by atoms with Crippen LogP contribution in [0.15, 0.2) is 52.2 Å². The summed E-state index contributed by atoms with van der Waals surface area (Å²) in [6.07, 6.45) is 4.59. The van der Waals surface area contributed by atoms with Crippen LogP contribution in [0.3, 0.4) is 0 Å². The summed E-state index contributed by atoms with van der Waals surface area (Å²) >= 11 is 0. The molecule has 1 heterocycles. The molecular formula is C17H18N2O4. The van der Waals surface area contributed by atoms with E-state index in [1.54, 1.807) is 13.0 Å². The highest BCUT2D eigenvalue weighted by Crippen LogP contribution is 2.08. The molecule has 1 aromatic heterocycles. The van der Waals surface area contributed by atoms with Crippen molar-refractivity contribution in [2.75, 3.05) is 6.61 Å². The van der Waals surface area contributed by atoms with Gasteiger partial charge in [0.1, 0.15) is 5.56 Å². The number of aromatic amines is 1. The van der Waals surface area contributed by atoms with Gasteiger partial charge in [0, 0.05) is 6.20 Å². The molecule has 0 aliphatic rings. The second kappa shape index (κ2) is 7.51. The Labute approximate surface area is 132 Å². The minimum absolute atomic E-state index is 0.135. The summed E-state index contributed by atoms with van der Waals surface area (Å²) in [4.78, 5) is 38.0. The van der Waals surface area contributed by atoms with Crippen molar-refractivity contribution in [3.05, 3.63) is 74.6 Å². The van der Waals surface area contributed by atoms with E-state index >= 15 is 0 Å². The van der Waals surface area contributed by atoms with Gasteiger partial charge in [-0.25, -0.2) is 4.79 Å². The second-order valence-electron chi connectivity index (χ2n) is 5.06. The quantitative estimate of drug-likeness (QED) is 0.622. The van der Waals surface area contributed by atoms with Gasteiger partial charge in [0.05, 0.1) is 12.6 Å². The Bertz CT molecular complexity index is 814. The zero-order valence-electron chi connectivity index (χ0n) is 12.7. The van der Waals surface area contributed by atoms with Gasteiger partial charge in [0.25, 0.3) is 5.56 Å². The number of H-pyrrole nitrogens is 1. The number of nitrogens with zero attached hydrogens (tertiary/aromatic N) is 1. The number of hydrogen-bond donors (Lipinski definition) is 2. The second-order valence-corrected chi connectivity index (χ2v) is 5.06. The molecule has 6 heteroatoms. The Balaban J connectivity index is 2.37. The molecule has 0 unspecified atom stereocenters. The predicted molar refractivity (Wildman–Crippen MR) is 87.5 cm³/mol. The van der Waals surface area contributed by atoms with Crippen LogP contribution >= 0.6 is 0 Å². The summed E-state index contributed by atoms with van der Waals surface area (Å²) in [5.74, 6) is -0.503. The molecule has 0 bridgehead atoms. The fourth-order valence-corrected chi connectivity index (χ4v) is 2.17. The number of nitrogens with one attached hydrogen (secondary N) is 1. The molecule has 1 aromatic carbocycles. The van der Waals surface area contributed by atoms with Crippen molar-refractivity contribution in [1.29, 1.82) is 0 Å². The first-order valence-corrected chi connectivity index (χ1v) is 7.30. The molecule has 0 saturated carbocycles. The van der Waals surface area contributed by atoms with Gasteiger partial charge < -0.3 is 5.11 Å². The van der Waals surface area contributed by atoms with Crippen LogP contribution in [-0.4, -0.2) is 27.0 Å². The Morgan fingerprint density at radius 3 is 2.61 bits per heavy atom. The fourth-order valence-electron chi connectivity index (χ4n) is 2.17. The van der Waals surface area contributed by atoms with E-state index in [9.17, 15) is 19.5 Å². The monoisotopic (exact) mass is 314 g/mol. The smallest absolute Gasteiger partial charge is 0.328 e. The van der Waals surface area contributed by atoms with E-state index in [4.69, 9.17) is 0 Å². The summed E-state index contributed by atoms with van der Waals surface area (Å²) in [7, 11) is 0. The highest BCUT2D eigenvalue weighted by atomic mass is 16.3. The average Bonchev–Trinajstić information content (AvgIpc) is 2.56. The molecule has 0 aliphatic carbocycles. The van der Waals surface area contributed by atoms with Crippen LogP contribution in [0.5, 0.6) is 0 Å². The van der Waals surface area contributed by atoms with Crippen molar-refractivity contribution >= 4 is 11.9 Å². The predicted octanol–water partition coefficient (Wildman–Crippen LogP) is 1.38. The fraction of sp³-hybridized carbons (Fsp3) is 0.235. The third-order valence-corrected chi connectivity index (χ3v) is 3.54. The number of ketones is 1. The van der Waals surface area contributed by atoms with Crippen LogP contribution in [0, 0.1) is 0 Å². The van der Waals surface area contributed by atoms with Crippen molar-refractivity contribution in [2.24, 2.45) is 0 Å². The summed E-state index contributed by atoms with van der Waals surface area (Å²) in [6.45, 7) is 1.55. The van der Waals surface area contributed by atoms with Crippen LogP contribution in [0.2, 0.25) is 0 Å². The van der Waals surface area contributed by atoms with E-state index in [1.807, 2.05) is 30.3 Å². The molecule has 0 aliphatic heterocycles. The number of carbonyl (C=O) groups is 1. The lowest BCUT2D eigenvalue weighted by Gasteiger charge is -2.15. The number of rotatable bonds is 6. The summed E-state index contributed by atoms with van der Waals surface area (Å²) in [5, 5.41) is 9.30. The van der Waals surface area contributed by atoms with Crippen LogP contribution < -0.4 is 11.2 Å². The van der Waals surface area contributed by atoms with Gasteiger partial charge in [-0.2, -0.15) is 0 Å². The standard InChI is InChI=1S/C17H18N2O4/c1-2-13(11-20)19-10-14(16(22)18-17(19)23)15(21)9-8-12-6-4-3-5-7-12/h3-10,13,20H,2,11H2,1H3,(H,18,22,23)/b9-8-/t13-/m1/s1. The Morgan fingerprint density at radius 2 is 2.00 bits per heavy atom. The van der Waals surface area contributed by atoms with Crippen molar-refractivity contribution in [1.82, 2.24) is 9.55 Å². The Hall–Kier alpha value is -2.73. The molecular weight excluding hydrogens is 296 g/mol. The molecule has 23 heavy (non-hydrogen) atoms. The summed E-state index contributed by atoms with van der Waals surface area (Å²) in [6, 6.07) is 8.71. The molecule has 2 aromatic rings. The van der Waals surface area contributed by atoms with Gasteiger partial charge in [-0.3, -0.25) is 19.1 Å². The van der Waals surface area contributed by atoms with Crippen LogP contribution in [0.4, 0.5) is 0 Å². The zero-order valence-corrected chi connectivity index (χ0v) is 12.7. The number of benzene rings is 1. The van der Waals surface area contributed by atoms with E-state index < -0.39 is 23.1 Å². The molecule has 6 nitrogen and oxygen atoms in total. The molecule has 2 N–H and O–H groups in total. The van der Waals surface area contributed by atoms with E-state index in [0.717, 1.165) is 5.56 Å². The number of aromatic nitrogens is 2. The Morgan fingerprint density at radius 1 is 1.30 bits per heavy atom. The lowest BCUT2D eigenvalue weighted by Crippen LogP contribution is -2.36. The first kappa shape index (κ1) is 16.6. The van der Waals surface area contributed by atoms with Gasteiger partial charge in [0.2, 0.25) is 0 Å². The van der Waals surface area contributed by atoms with Crippen molar-refractivity contribution < 1.29 is 9.90 Å². The maximum absolute atomic E-state index is 12.2. The van der Waals surface area contributed by atoms with E-state index in [-0.39, 0.29) is 12.2 Å². The SMILES string of the molecule is CC[C@H](CO)n1cc(C(=O)/C=C\c2ccccc2)c(=O)[nH]c1=O. The topological polar surface area (TPSA) is 92.2 Å². The summed E-state index contributed by atoms with van der Waals surface area (Å²) in [5.41, 5.74) is -0.683. The first-order chi connectivity index (χ1) is 11.1. The highest BCUT2D eigenvalue weighted by molar-refractivity contribution is 6.06. The highest BCUT2D eigenvalue weighted by Gasteiger charge is 2.15. The molecule has 2 rings (SSSR count). The van der Waals surface area contributed by atoms with Crippen LogP contribution in [0.1, 0.15) is 35.3 Å². The molecule has 0 radical (unpaired) electrons. The largest absolute Gasteiger partial charge is 0.394 e. The van der Waals surface area contributed by atoms with E-state index in [1.165, 1.54) is 16.8 Å². The number of allylic oxidation sites excluding steroid dienone is 1. The van der Waals surface area contributed by atoms with Crippen LogP contribution in [0.25, 0.3) is 6.08 Å². The minimum Gasteiger partial charge on any atom is -0.394 e. The third kappa shape index (κ3) is 3.92. The molecule has 0 saturated heterocycles. The van der Waals surface area contributed by atoms with Crippen molar-refractivity contribution in [3.63, 3.8) is 0 Å². The van der Waals surface area contributed by atoms with E-state index in [2.05, 4.69) is 4.98 Å². The molecule has 0 amide bonds. The molecule has 0 spiro atoms. The van der Waals surface area contributed by atoms with E-state index in [0.29, 0.717) is 6.42 Å². The summed E-state index contributed by atoms with van der Waals surface area (Å²) < 4.78 is 1.19. The third-order valence-electron chi connectivity index (χ3n) is 3.54. The van der Waals surface area contributed by atoms with Gasteiger partial charge in [0.15, 0.2) is 5.78 Å². The first-order valence-electron chi connectivity index (χ1n) is 7.30. The molecule has 0 fully saturated rings. The maximum Gasteiger partial charge on any atom is 0.328 e. The zero-order chi connectivity index (χ0) is 16.8. The van der Waals surface area contributed by atoms with Crippen molar-refractivity contribution in [2.45, 2.75) is 19.4 Å². The number of aliphatic hydroxyl groups excluding tert-OH is 1. The van der Waals surface area contributed by atoms with Crippen LogP contribution in [-0.2, 0) is 0 Å². The van der Waals surface area contributed by atoms with Gasteiger partial charge in [-0.1, -0.05) is 43.3 Å². The average molecular weight is 314 g/mol. The molecule has 1 atom stereocenters.